The van der Waals surface area contributed by atoms with Crippen LogP contribution in [0.1, 0.15) is 13.3 Å². The predicted octanol–water partition coefficient (Wildman–Crippen LogP) is -0.381. The van der Waals surface area contributed by atoms with Gasteiger partial charge < -0.3 is 15.5 Å². The smallest absolute Gasteiger partial charge is 0.314 e. The van der Waals surface area contributed by atoms with Gasteiger partial charge in [0.2, 0.25) is 5.91 Å². The highest BCUT2D eigenvalue weighted by Crippen LogP contribution is 2.02. The lowest BCUT2D eigenvalue weighted by atomic mass is 10.3. The zero-order chi connectivity index (χ0) is 9.84. The number of primary amides is 1. The van der Waals surface area contributed by atoms with Crippen LogP contribution in [0.3, 0.4) is 0 Å². The number of urea groups is 1. The molecule has 0 aliphatic carbocycles. The summed E-state index contributed by atoms with van der Waals surface area (Å²) in [4.78, 5) is 25.3. The highest BCUT2D eigenvalue weighted by atomic mass is 16.2. The average molecular weight is 185 g/mol. The Morgan fingerprint density at radius 3 is 2.00 bits per heavy atom. The average Bonchev–Trinajstić information content (AvgIpc) is 2.17. The van der Waals surface area contributed by atoms with E-state index in [2.05, 4.69) is 0 Å². The van der Waals surface area contributed by atoms with Crippen molar-refractivity contribution in [2.24, 2.45) is 5.73 Å². The third-order valence-electron chi connectivity index (χ3n) is 2.25. The van der Waals surface area contributed by atoms with Gasteiger partial charge in [-0.2, -0.15) is 0 Å². The lowest BCUT2D eigenvalue weighted by Crippen LogP contribution is -2.51. The van der Waals surface area contributed by atoms with E-state index >= 15 is 0 Å². The molecule has 5 heteroatoms. The van der Waals surface area contributed by atoms with Gasteiger partial charge >= 0.3 is 6.03 Å². The molecule has 0 aromatic heterocycles. The Labute approximate surface area is 77.5 Å². The Hall–Kier alpha value is -1.26. The molecule has 13 heavy (non-hydrogen) atoms. The molecule has 0 unspecified atom stereocenters. The maximum Gasteiger partial charge on any atom is 0.314 e. The Kier molecular flexibility index (Phi) is 3.11. The fourth-order valence-electron chi connectivity index (χ4n) is 1.40. The second-order valence-corrected chi connectivity index (χ2v) is 3.06. The summed E-state index contributed by atoms with van der Waals surface area (Å²) >= 11 is 0. The molecule has 74 valence electrons. The van der Waals surface area contributed by atoms with E-state index in [1.54, 1.807) is 9.80 Å². The molecule has 0 aromatic carbocycles. The van der Waals surface area contributed by atoms with Gasteiger partial charge in [0.15, 0.2) is 0 Å². The van der Waals surface area contributed by atoms with Crippen LogP contribution in [0.5, 0.6) is 0 Å². The monoisotopic (exact) mass is 185 g/mol. The van der Waals surface area contributed by atoms with Crippen LogP contribution in [-0.2, 0) is 4.79 Å². The van der Waals surface area contributed by atoms with Crippen LogP contribution in [0.2, 0.25) is 0 Å². The van der Waals surface area contributed by atoms with Gasteiger partial charge in [-0.3, -0.25) is 4.79 Å². The summed E-state index contributed by atoms with van der Waals surface area (Å²) in [5.41, 5.74) is 5.10. The molecule has 5 nitrogen and oxygen atoms in total. The Balaban J connectivity index is 2.39. The van der Waals surface area contributed by atoms with Crippen LogP contribution in [0.4, 0.5) is 4.79 Å². The van der Waals surface area contributed by atoms with Crippen molar-refractivity contribution >= 4 is 11.9 Å². The second-order valence-electron chi connectivity index (χ2n) is 3.06. The maximum absolute atomic E-state index is 11.2. The molecule has 3 amide bonds. The summed E-state index contributed by atoms with van der Waals surface area (Å²) in [7, 11) is 0. The fraction of sp³-hybridized carbons (Fsp3) is 0.750. The minimum atomic E-state index is -0.399. The van der Waals surface area contributed by atoms with E-state index in [9.17, 15) is 9.59 Å². The molecule has 0 saturated carbocycles. The molecule has 1 heterocycles. The normalized spacial score (nSPS) is 17.3. The molecule has 2 N–H and O–H groups in total. The number of hydrogen-bond acceptors (Lipinski definition) is 2. The topological polar surface area (TPSA) is 66.6 Å². The van der Waals surface area contributed by atoms with Gasteiger partial charge in [-0.15, -0.1) is 0 Å². The number of nitrogens with zero attached hydrogens (tertiary/aromatic N) is 2. The van der Waals surface area contributed by atoms with Crippen LogP contribution in [0, 0.1) is 0 Å². The lowest BCUT2D eigenvalue weighted by molar-refractivity contribution is -0.132. The van der Waals surface area contributed by atoms with Crippen LogP contribution in [0.15, 0.2) is 0 Å². The number of hydrogen-bond donors (Lipinski definition) is 1. The Morgan fingerprint density at radius 2 is 1.62 bits per heavy atom. The van der Waals surface area contributed by atoms with Gasteiger partial charge in [-0.25, -0.2) is 4.79 Å². The first-order valence-electron chi connectivity index (χ1n) is 4.47. The molecule has 0 aromatic rings. The molecule has 1 saturated heterocycles. The highest BCUT2D eigenvalue weighted by molar-refractivity contribution is 5.76. The van der Waals surface area contributed by atoms with E-state index in [1.165, 1.54) is 0 Å². The van der Waals surface area contributed by atoms with Crippen molar-refractivity contribution in [3.8, 4) is 0 Å². The SMILES string of the molecule is CCC(=O)N1CCN(C(N)=O)CC1. The van der Waals surface area contributed by atoms with Crippen LogP contribution >= 0.6 is 0 Å². The molecule has 1 aliphatic rings. The number of rotatable bonds is 1. The summed E-state index contributed by atoms with van der Waals surface area (Å²) in [6.45, 7) is 4.16. The lowest BCUT2D eigenvalue weighted by Gasteiger charge is -2.33. The third kappa shape index (κ3) is 2.34. The molecular weight excluding hydrogens is 170 g/mol. The van der Waals surface area contributed by atoms with Crippen molar-refractivity contribution in [1.82, 2.24) is 9.80 Å². The first kappa shape index (κ1) is 9.83. The summed E-state index contributed by atoms with van der Waals surface area (Å²) in [6, 6.07) is -0.399. The van der Waals surface area contributed by atoms with Crippen molar-refractivity contribution in [2.45, 2.75) is 13.3 Å². The van der Waals surface area contributed by atoms with E-state index in [1.807, 2.05) is 6.92 Å². The maximum atomic E-state index is 11.2. The Morgan fingerprint density at radius 1 is 1.15 bits per heavy atom. The molecule has 1 aliphatic heterocycles. The standard InChI is InChI=1S/C8H15N3O2/c1-2-7(12)10-3-5-11(6-4-10)8(9)13/h2-6H2,1H3,(H2,9,13). The van der Waals surface area contributed by atoms with E-state index in [0.717, 1.165) is 0 Å². The Bertz CT molecular complexity index is 209. The minimum absolute atomic E-state index is 0.143. The van der Waals surface area contributed by atoms with Gasteiger partial charge in [-0.1, -0.05) is 6.92 Å². The first-order valence-corrected chi connectivity index (χ1v) is 4.47. The van der Waals surface area contributed by atoms with E-state index in [-0.39, 0.29) is 5.91 Å². The van der Waals surface area contributed by atoms with E-state index in [4.69, 9.17) is 5.73 Å². The molecule has 0 bridgehead atoms. The fourth-order valence-corrected chi connectivity index (χ4v) is 1.40. The van der Waals surface area contributed by atoms with Gasteiger partial charge in [0.05, 0.1) is 0 Å². The molecule has 0 radical (unpaired) electrons. The molecule has 0 atom stereocenters. The summed E-state index contributed by atoms with van der Waals surface area (Å²) in [5.74, 6) is 0.143. The third-order valence-corrected chi connectivity index (χ3v) is 2.25. The first-order chi connectivity index (χ1) is 6.15. The van der Waals surface area contributed by atoms with Crippen molar-refractivity contribution in [3.63, 3.8) is 0 Å². The van der Waals surface area contributed by atoms with Crippen LogP contribution in [0.25, 0.3) is 0 Å². The van der Waals surface area contributed by atoms with Gasteiger partial charge in [0, 0.05) is 32.6 Å². The quantitative estimate of drug-likeness (QED) is 0.605. The molecule has 1 fully saturated rings. The minimum Gasteiger partial charge on any atom is -0.351 e. The zero-order valence-electron chi connectivity index (χ0n) is 7.82. The van der Waals surface area contributed by atoms with E-state index in [0.29, 0.717) is 32.6 Å². The van der Waals surface area contributed by atoms with Gasteiger partial charge in [-0.05, 0) is 0 Å². The number of carbonyl (C=O) groups excluding carboxylic acids is 2. The summed E-state index contributed by atoms with van der Waals surface area (Å²) in [6.07, 6.45) is 0.524. The molecular formula is C8H15N3O2. The highest BCUT2D eigenvalue weighted by Gasteiger charge is 2.21. The number of piperazine rings is 1. The van der Waals surface area contributed by atoms with Gasteiger partial charge in [0.25, 0.3) is 0 Å². The largest absolute Gasteiger partial charge is 0.351 e. The summed E-state index contributed by atoms with van der Waals surface area (Å²) in [5, 5.41) is 0. The second kappa shape index (κ2) is 4.11. The number of nitrogens with two attached hydrogens (primary N) is 1. The van der Waals surface area contributed by atoms with Crippen molar-refractivity contribution in [2.75, 3.05) is 26.2 Å². The number of amides is 3. The summed E-state index contributed by atoms with van der Waals surface area (Å²) < 4.78 is 0. The molecule has 0 spiro atoms. The van der Waals surface area contributed by atoms with Crippen molar-refractivity contribution in [1.29, 1.82) is 0 Å². The zero-order valence-corrected chi connectivity index (χ0v) is 7.82. The van der Waals surface area contributed by atoms with Crippen molar-refractivity contribution < 1.29 is 9.59 Å². The van der Waals surface area contributed by atoms with Crippen molar-refractivity contribution in [3.05, 3.63) is 0 Å². The number of carbonyl (C=O) groups is 2. The van der Waals surface area contributed by atoms with Crippen LogP contribution < -0.4 is 5.73 Å². The molecule has 1 rings (SSSR count). The van der Waals surface area contributed by atoms with Gasteiger partial charge in [0.1, 0.15) is 0 Å². The predicted molar refractivity (Wildman–Crippen MR) is 48.0 cm³/mol. The van der Waals surface area contributed by atoms with E-state index < -0.39 is 6.03 Å². The van der Waals surface area contributed by atoms with Crippen LogP contribution in [-0.4, -0.2) is 47.9 Å².